The molecule has 5 heteroatoms. The first-order valence-corrected chi connectivity index (χ1v) is 7.11. The molecule has 3 rings (SSSR count). The second-order valence-electron chi connectivity index (χ2n) is 4.33. The third-order valence-corrected chi connectivity index (χ3v) is 4.16. The van der Waals surface area contributed by atoms with Crippen LogP contribution in [0.5, 0.6) is 5.75 Å². The lowest BCUT2D eigenvalue weighted by Crippen LogP contribution is -1.98. The molecule has 0 aliphatic carbocycles. The number of hydrogen-bond acceptors (Lipinski definition) is 5. The van der Waals surface area contributed by atoms with Gasteiger partial charge in [-0.05, 0) is 36.4 Å². The van der Waals surface area contributed by atoms with Crippen molar-refractivity contribution in [2.45, 2.75) is 6.29 Å². The number of rotatable bonds is 4. The Morgan fingerprint density at radius 2 is 1.85 bits per heavy atom. The molecule has 20 heavy (non-hydrogen) atoms. The lowest BCUT2D eigenvalue weighted by atomic mass is 10.1. The van der Waals surface area contributed by atoms with E-state index in [1.165, 1.54) is 11.3 Å². The Balaban J connectivity index is 1.79. The van der Waals surface area contributed by atoms with E-state index in [2.05, 4.69) is 0 Å². The zero-order chi connectivity index (χ0) is 13.9. The normalized spacial score (nSPS) is 15.4. The number of carbonyl (C=O) groups is 1. The summed E-state index contributed by atoms with van der Waals surface area (Å²) in [6.45, 7) is 1.20. The van der Waals surface area contributed by atoms with Gasteiger partial charge in [-0.3, -0.25) is 4.79 Å². The van der Waals surface area contributed by atoms with E-state index >= 15 is 0 Å². The average molecular weight is 290 g/mol. The fourth-order valence-corrected chi connectivity index (χ4v) is 2.98. The van der Waals surface area contributed by atoms with E-state index in [9.17, 15) is 4.79 Å². The van der Waals surface area contributed by atoms with Gasteiger partial charge in [0.05, 0.1) is 30.1 Å². The molecule has 1 aromatic carbocycles. The van der Waals surface area contributed by atoms with E-state index < -0.39 is 0 Å². The number of hydrogen-bond donors (Lipinski definition) is 0. The molecule has 1 fully saturated rings. The van der Waals surface area contributed by atoms with Crippen LogP contribution in [0.3, 0.4) is 0 Å². The molecule has 0 bridgehead atoms. The van der Waals surface area contributed by atoms with Crippen molar-refractivity contribution in [1.29, 1.82) is 0 Å². The minimum Gasteiger partial charge on any atom is -0.497 e. The topological polar surface area (TPSA) is 44.8 Å². The number of methoxy groups -OCH3 is 1. The van der Waals surface area contributed by atoms with Gasteiger partial charge in [0, 0.05) is 5.56 Å². The van der Waals surface area contributed by atoms with Gasteiger partial charge in [-0.15, -0.1) is 11.3 Å². The van der Waals surface area contributed by atoms with Crippen LogP contribution in [-0.4, -0.2) is 26.1 Å². The molecule has 0 atom stereocenters. The first-order valence-electron chi connectivity index (χ1n) is 6.29. The molecule has 0 unspecified atom stereocenters. The summed E-state index contributed by atoms with van der Waals surface area (Å²) in [5.41, 5.74) is 0.646. The Labute approximate surface area is 120 Å². The number of thiophene rings is 1. The molecule has 1 saturated heterocycles. The average Bonchev–Trinajstić information content (AvgIpc) is 3.17. The van der Waals surface area contributed by atoms with Crippen LogP contribution in [0.1, 0.15) is 26.4 Å². The first-order chi connectivity index (χ1) is 9.78. The SMILES string of the molecule is COc1ccc(C(=O)c2ccc(C3OCCO3)s2)cc1. The lowest BCUT2D eigenvalue weighted by Gasteiger charge is -2.04. The van der Waals surface area contributed by atoms with Crippen LogP contribution in [0.25, 0.3) is 0 Å². The molecular weight excluding hydrogens is 276 g/mol. The Bertz CT molecular complexity index is 597. The van der Waals surface area contributed by atoms with Gasteiger partial charge in [0.1, 0.15) is 5.75 Å². The van der Waals surface area contributed by atoms with Crippen molar-refractivity contribution < 1.29 is 19.0 Å². The van der Waals surface area contributed by atoms with E-state index in [1.54, 1.807) is 31.4 Å². The molecule has 1 aliphatic heterocycles. The summed E-state index contributed by atoms with van der Waals surface area (Å²) in [5.74, 6) is 0.739. The van der Waals surface area contributed by atoms with Crippen LogP contribution < -0.4 is 4.74 Å². The summed E-state index contributed by atoms with van der Waals surface area (Å²) in [7, 11) is 1.60. The molecule has 1 aliphatic rings. The maximum Gasteiger partial charge on any atom is 0.202 e. The fraction of sp³-hybridized carbons (Fsp3) is 0.267. The molecule has 2 aromatic rings. The molecule has 0 amide bonds. The van der Waals surface area contributed by atoms with Crippen LogP contribution in [-0.2, 0) is 9.47 Å². The largest absolute Gasteiger partial charge is 0.497 e. The Kier molecular flexibility index (Phi) is 3.82. The summed E-state index contributed by atoms with van der Waals surface area (Å²) in [5, 5.41) is 0. The van der Waals surface area contributed by atoms with Gasteiger partial charge >= 0.3 is 0 Å². The van der Waals surface area contributed by atoms with Crippen molar-refractivity contribution in [3.05, 3.63) is 51.7 Å². The highest BCUT2D eigenvalue weighted by Crippen LogP contribution is 2.30. The molecule has 104 valence electrons. The van der Waals surface area contributed by atoms with Crippen LogP contribution in [0.4, 0.5) is 0 Å². The van der Waals surface area contributed by atoms with E-state index in [1.807, 2.05) is 12.1 Å². The van der Waals surface area contributed by atoms with Crippen LogP contribution in [0, 0.1) is 0 Å². The van der Waals surface area contributed by atoms with Gasteiger partial charge in [0.25, 0.3) is 0 Å². The highest BCUT2D eigenvalue weighted by molar-refractivity contribution is 7.14. The van der Waals surface area contributed by atoms with E-state index in [-0.39, 0.29) is 12.1 Å². The second kappa shape index (κ2) is 5.75. The first kappa shape index (κ1) is 13.3. The summed E-state index contributed by atoms with van der Waals surface area (Å²) in [4.78, 5) is 14.0. The quantitative estimate of drug-likeness (QED) is 0.812. The molecule has 0 N–H and O–H groups in total. The summed E-state index contributed by atoms with van der Waals surface area (Å²) in [6.07, 6.45) is -0.322. The zero-order valence-corrected chi connectivity index (χ0v) is 11.8. The minimum atomic E-state index is -0.322. The Morgan fingerprint density at radius 1 is 1.15 bits per heavy atom. The second-order valence-corrected chi connectivity index (χ2v) is 5.45. The molecule has 0 spiro atoms. The van der Waals surface area contributed by atoms with Crippen LogP contribution in [0.15, 0.2) is 36.4 Å². The summed E-state index contributed by atoms with van der Waals surface area (Å²) >= 11 is 1.41. The number of benzene rings is 1. The molecule has 0 saturated carbocycles. The molecule has 2 heterocycles. The van der Waals surface area contributed by atoms with Crippen LogP contribution >= 0.6 is 11.3 Å². The summed E-state index contributed by atoms with van der Waals surface area (Å²) < 4.78 is 15.9. The third-order valence-electron chi connectivity index (χ3n) is 3.06. The molecule has 4 nitrogen and oxygen atoms in total. The van der Waals surface area contributed by atoms with Gasteiger partial charge in [0.15, 0.2) is 6.29 Å². The van der Waals surface area contributed by atoms with Crippen molar-refractivity contribution in [1.82, 2.24) is 0 Å². The minimum absolute atomic E-state index is 0.00176. The van der Waals surface area contributed by atoms with Crippen molar-refractivity contribution >= 4 is 17.1 Å². The van der Waals surface area contributed by atoms with Crippen molar-refractivity contribution in [3.8, 4) is 5.75 Å². The van der Waals surface area contributed by atoms with E-state index in [4.69, 9.17) is 14.2 Å². The highest BCUT2D eigenvalue weighted by Gasteiger charge is 2.21. The number of carbonyl (C=O) groups excluding carboxylic acids is 1. The van der Waals surface area contributed by atoms with E-state index in [0.717, 1.165) is 10.6 Å². The maximum absolute atomic E-state index is 12.4. The highest BCUT2D eigenvalue weighted by atomic mass is 32.1. The predicted molar refractivity (Wildman–Crippen MR) is 75.4 cm³/mol. The van der Waals surface area contributed by atoms with Crippen molar-refractivity contribution in [2.75, 3.05) is 20.3 Å². The van der Waals surface area contributed by atoms with Crippen molar-refractivity contribution in [3.63, 3.8) is 0 Å². The lowest BCUT2D eigenvalue weighted by molar-refractivity contribution is -0.0413. The Hall–Kier alpha value is -1.69. The van der Waals surface area contributed by atoms with Crippen molar-refractivity contribution in [2.24, 2.45) is 0 Å². The van der Waals surface area contributed by atoms with Gasteiger partial charge in [-0.2, -0.15) is 0 Å². The number of ketones is 1. The fourth-order valence-electron chi connectivity index (χ4n) is 2.01. The molecular formula is C15H14O4S. The predicted octanol–water partition coefficient (Wildman–Crippen LogP) is 3.03. The molecule has 0 radical (unpaired) electrons. The standard InChI is InChI=1S/C15H14O4S/c1-17-11-4-2-10(3-5-11)14(16)12-6-7-13(20-12)15-18-8-9-19-15/h2-7,15H,8-9H2,1H3. The zero-order valence-electron chi connectivity index (χ0n) is 11.0. The number of ether oxygens (including phenoxy) is 3. The van der Waals surface area contributed by atoms with Gasteiger partial charge in [-0.25, -0.2) is 0 Å². The monoisotopic (exact) mass is 290 g/mol. The Morgan fingerprint density at radius 3 is 2.50 bits per heavy atom. The van der Waals surface area contributed by atoms with Gasteiger partial charge < -0.3 is 14.2 Å². The third kappa shape index (κ3) is 2.60. The van der Waals surface area contributed by atoms with Crippen LogP contribution in [0.2, 0.25) is 0 Å². The van der Waals surface area contributed by atoms with Gasteiger partial charge in [0.2, 0.25) is 5.78 Å². The smallest absolute Gasteiger partial charge is 0.202 e. The summed E-state index contributed by atoms with van der Waals surface area (Å²) in [6, 6.07) is 10.8. The molecule has 1 aromatic heterocycles. The maximum atomic E-state index is 12.4. The van der Waals surface area contributed by atoms with E-state index in [0.29, 0.717) is 23.7 Å². The van der Waals surface area contributed by atoms with Gasteiger partial charge in [-0.1, -0.05) is 0 Å².